The lowest BCUT2D eigenvalue weighted by molar-refractivity contribution is 0.572. The van der Waals surface area contributed by atoms with Crippen molar-refractivity contribution >= 4 is 37.3 Å². The van der Waals surface area contributed by atoms with E-state index in [0.717, 1.165) is 6.07 Å². The zero-order chi connectivity index (χ0) is 15.6. The number of nitrogens with zero attached hydrogens (tertiary/aromatic N) is 1. The fourth-order valence-corrected chi connectivity index (χ4v) is 3.34. The third-order valence-electron chi connectivity index (χ3n) is 2.61. The highest BCUT2D eigenvalue weighted by atomic mass is 79.9. The summed E-state index contributed by atoms with van der Waals surface area (Å²) in [5.74, 6) is -0.960. The molecule has 0 aliphatic heterocycles. The average Bonchev–Trinajstić information content (AvgIpc) is 2.40. The summed E-state index contributed by atoms with van der Waals surface area (Å²) in [6.45, 7) is 0. The van der Waals surface area contributed by atoms with E-state index in [1.54, 1.807) is 6.07 Å². The molecular formula is C13H9BrFN3O2S. The number of nitriles is 1. The van der Waals surface area contributed by atoms with Crippen LogP contribution in [-0.4, -0.2) is 8.42 Å². The molecule has 0 saturated heterocycles. The van der Waals surface area contributed by atoms with Crippen molar-refractivity contribution in [3.8, 4) is 6.07 Å². The highest BCUT2D eigenvalue weighted by Crippen LogP contribution is 2.27. The third-order valence-corrected chi connectivity index (χ3v) is 4.56. The van der Waals surface area contributed by atoms with E-state index < -0.39 is 20.7 Å². The molecule has 0 unspecified atom stereocenters. The van der Waals surface area contributed by atoms with E-state index in [2.05, 4.69) is 20.7 Å². The molecular weight excluding hydrogens is 361 g/mol. The molecule has 0 atom stereocenters. The number of halogens is 2. The Morgan fingerprint density at radius 2 is 2.00 bits per heavy atom. The second-order valence-corrected chi connectivity index (χ2v) is 6.60. The molecule has 0 spiro atoms. The largest absolute Gasteiger partial charge is 0.398 e. The topological polar surface area (TPSA) is 96.0 Å². The molecule has 8 heteroatoms. The van der Waals surface area contributed by atoms with Crippen LogP contribution in [0.1, 0.15) is 5.56 Å². The molecule has 0 bridgehead atoms. The van der Waals surface area contributed by atoms with Gasteiger partial charge in [-0.3, -0.25) is 4.72 Å². The summed E-state index contributed by atoms with van der Waals surface area (Å²) in [5, 5.41) is 9.02. The molecule has 2 aromatic carbocycles. The standard InChI is InChI=1S/C13H9BrFN3O2S/c14-9-4-5-12(8(6-9)7-16)18-21(19,20)13-10(15)2-1-3-11(13)17/h1-6,18H,17H2. The molecule has 0 fully saturated rings. The highest BCUT2D eigenvalue weighted by molar-refractivity contribution is 9.10. The number of nitrogens with one attached hydrogen (secondary N) is 1. The number of benzene rings is 2. The zero-order valence-electron chi connectivity index (χ0n) is 10.5. The number of anilines is 2. The summed E-state index contributed by atoms with van der Waals surface area (Å²) in [6.07, 6.45) is 0. The Labute approximate surface area is 129 Å². The maximum absolute atomic E-state index is 13.7. The summed E-state index contributed by atoms with van der Waals surface area (Å²) in [6, 6.07) is 9.85. The van der Waals surface area contributed by atoms with Crippen LogP contribution in [0.2, 0.25) is 0 Å². The minimum absolute atomic E-state index is 0.0448. The molecule has 0 aromatic heterocycles. The van der Waals surface area contributed by atoms with E-state index in [0.29, 0.717) is 4.47 Å². The summed E-state index contributed by atoms with van der Waals surface area (Å²) in [7, 11) is -4.24. The summed E-state index contributed by atoms with van der Waals surface area (Å²) in [5.41, 5.74) is 5.46. The molecule has 5 nitrogen and oxygen atoms in total. The van der Waals surface area contributed by atoms with Crippen molar-refractivity contribution in [3.05, 3.63) is 52.3 Å². The molecule has 2 aromatic rings. The Balaban J connectivity index is 2.51. The molecule has 0 saturated carbocycles. The smallest absolute Gasteiger partial charge is 0.266 e. The lowest BCUT2D eigenvalue weighted by atomic mass is 10.2. The number of sulfonamides is 1. The first kappa shape index (κ1) is 15.3. The monoisotopic (exact) mass is 369 g/mol. The van der Waals surface area contributed by atoms with Crippen LogP contribution in [0.25, 0.3) is 0 Å². The number of hydrogen-bond donors (Lipinski definition) is 2. The average molecular weight is 370 g/mol. The number of nitrogen functional groups attached to an aromatic ring is 1. The molecule has 3 N–H and O–H groups in total. The van der Waals surface area contributed by atoms with Gasteiger partial charge in [0.15, 0.2) is 0 Å². The van der Waals surface area contributed by atoms with Crippen molar-refractivity contribution in [1.29, 1.82) is 5.26 Å². The van der Waals surface area contributed by atoms with Crippen molar-refractivity contribution in [2.24, 2.45) is 0 Å². The van der Waals surface area contributed by atoms with Gasteiger partial charge in [-0.2, -0.15) is 5.26 Å². The number of nitrogens with two attached hydrogens (primary N) is 1. The van der Waals surface area contributed by atoms with Crippen molar-refractivity contribution in [2.45, 2.75) is 4.90 Å². The van der Waals surface area contributed by atoms with Crippen LogP contribution < -0.4 is 10.5 Å². The molecule has 0 aliphatic carbocycles. The molecule has 0 amide bonds. The predicted molar refractivity (Wildman–Crippen MR) is 80.5 cm³/mol. The van der Waals surface area contributed by atoms with Crippen LogP contribution in [0.15, 0.2) is 45.8 Å². The van der Waals surface area contributed by atoms with E-state index in [4.69, 9.17) is 11.0 Å². The van der Waals surface area contributed by atoms with Gasteiger partial charge in [0, 0.05) is 4.47 Å². The Morgan fingerprint density at radius 3 is 2.62 bits per heavy atom. The Kier molecular flexibility index (Phi) is 4.16. The van der Waals surface area contributed by atoms with Crippen LogP contribution in [0.4, 0.5) is 15.8 Å². The lowest BCUT2D eigenvalue weighted by Crippen LogP contribution is -2.17. The highest BCUT2D eigenvalue weighted by Gasteiger charge is 2.23. The first-order valence-corrected chi connectivity index (χ1v) is 7.89. The van der Waals surface area contributed by atoms with Gasteiger partial charge in [0.1, 0.15) is 16.8 Å². The van der Waals surface area contributed by atoms with E-state index in [1.807, 2.05) is 6.07 Å². The van der Waals surface area contributed by atoms with Crippen molar-refractivity contribution in [1.82, 2.24) is 0 Å². The van der Waals surface area contributed by atoms with Crippen LogP contribution in [0.3, 0.4) is 0 Å². The lowest BCUT2D eigenvalue weighted by Gasteiger charge is -2.12. The van der Waals surface area contributed by atoms with E-state index >= 15 is 0 Å². The molecule has 2 rings (SSSR count). The van der Waals surface area contributed by atoms with Gasteiger partial charge in [-0.1, -0.05) is 22.0 Å². The van der Waals surface area contributed by atoms with Gasteiger partial charge in [0.25, 0.3) is 10.0 Å². The molecule has 0 radical (unpaired) electrons. The minimum atomic E-state index is -4.24. The van der Waals surface area contributed by atoms with Gasteiger partial charge in [0.05, 0.1) is 16.9 Å². The first-order valence-electron chi connectivity index (χ1n) is 5.61. The summed E-state index contributed by atoms with van der Waals surface area (Å²) in [4.78, 5) is -0.642. The van der Waals surface area contributed by atoms with Crippen molar-refractivity contribution in [2.75, 3.05) is 10.5 Å². The molecule has 21 heavy (non-hydrogen) atoms. The summed E-state index contributed by atoms with van der Waals surface area (Å²) < 4.78 is 41.0. The molecule has 0 aliphatic rings. The van der Waals surface area contributed by atoms with Crippen LogP contribution in [0, 0.1) is 17.1 Å². The summed E-state index contributed by atoms with van der Waals surface area (Å²) >= 11 is 3.18. The normalized spacial score (nSPS) is 10.9. The predicted octanol–water partition coefficient (Wildman–Crippen LogP) is 2.84. The fourth-order valence-electron chi connectivity index (χ4n) is 1.70. The van der Waals surface area contributed by atoms with Gasteiger partial charge < -0.3 is 5.73 Å². The van der Waals surface area contributed by atoms with Gasteiger partial charge in [-0.05, 0) is 30.3 Å². The van der Waals surface area contributed by atoms with E-state index in [-0.39, 0.29) is 16.9 Å². The van der Waals surface area contributed by atoms with Crippen molar-refractivity contribution < 1.29 is 12.8 Å². The Bertz CT molecular complexity index is 827. The first-order chi connectivity index (χ1) is 9.85. The van der Waals surface area contributed by atoms with Gasteiger partial charge >= 0.3 is 0 Å². The second kappa shape index (κ2) is 5.71. The Hall–Kier alpha value is -2.11. The van der Waals surface area contributed by atoms with E-state index in [1.165, 1.54) is 24.3 Å². The number of rotatable bonds is 3. The number of hydrogen-bond acceptors (Lipinski definition) is 4. The minimum Gasteiger partial charge on any atom is -0.398 e. The van der Waals surface area contributed by atoms with Crippen LogP contribution in [0.5, 0.6) is 0 Å². The fraction of sp³-hybridized carbons (Fsp3) is 0. The SMILES string of the molecule is N#Cc1cc(Br)ccc1NS(=O)(=O)c1c(N)cccc1F. The maximum Gasteiger partial charge on any atom is 0.266 e. The van der Waals surface area contributed by atoms with Gasteiger partial charge in [0.2, 0.25) is 0 Å². The van der Waals surface area contributed by atoms with Gasteiger partial charge in [-0.15, -0.1) is 0 Å². The van der Waals surface area contributed by atoms with Crippen molar-refractivity contribution in [3.63, 3.8) is 0 Å². The van der Waals surface area contributed by atoms with E-state index in [9.17, 15) is 12.8 Å². The van der Waals surface area contributed by atoms with Gasteiger partial charge in [-0.25, -0.2) is 12.8 Å². The maximum atomic E-state index is 13.7. The van der Waals surface area contributed by atoms with Crippen LogP contribution in [-0.2, 0) is 10.0 Å². The zero-order valence-corrected chi connectivity index (χ0v) is 12.9. The molecule has 0 heterocycles. The van der Waals surface area contributed by atoms with Crippen LogP contribution >= 0.6 is 15.9 Å². The third kappa shape index (κ3) is 3.15. The quantitative estimate of drug-likeness (QED) is 0.812. The second-order valence-electron chi connectivity index (χ2n) is 4.07. The Morgan fingerprint density at radius 1 is 1.29 bits per heavy atom. The molecule has 108 valence electrons.